The molecule has 2 aromatic heterocycles. The lowest BCUT2D eigenvalue weighted by Gasteiger charge is -2.32. The minimum atomic E-state index is -0.319. The summed E-state index contributed by atoms with van der Waals surface area (Å²) in [6.07, 6.45) is 5.67. The van der Waals surface area contributed by atoms with Gasteiger partial charge >= 0.3 is 0 Å². The van der Waals surface area contributed by atoms with Gasteiger partial charge in [-0.3, -0.25) is 4.79 Å². The molecule has 6 nitrogen and oxygen atoms in total. The number of anilines is 4. The molecule has 1 saturated heterocycles. The van der Waals surface area contributed by atoms with Crippen molar-refractivity contribution < 1.29 is 9.21 Å². The molecule has 3 heterocycles. The third-order valence-electron chi connectivity index (χ3n) is 5.05. The number of furan rings is 1. The van der Waals surface area contributed by atoms with Crippen LogP contribution in [0.25, 0.3) is 0 Å². The smallest absolute Gasteiger partial charge is 0.292 e. The van der Waals surface area contributed by atoms with Crippen molar-refractivity contribution in [3.8, 4) is 0 Å². The highest BCUT2D eigenvalue weighted by Gasteiger charge is 2.15. The van der Waals surface area contributed by atoms with Crippen LogP contribution in [0.1, 0.15) is 30.3 Å². The van der Waals surface area contributed by atoms with Crippen molar-refractivity contribution in [2.75, 3.05) is 28.6 Å². The zero-order valence-corrected chi connectivity index (χ0v) is 15.9. The monoisotopic (exact) mass is 376 g/mol. The Balaban J connectivity index is 1.34. The average molecular weight is 376 g/mol. The minimum Gasteiger partial charge on any atom is -0.459 e. The number of carbonyl (C=O) groups excluding carboxylic acids is 1. The standard InChI is InChI=1S/C22H24N4O2/c1-16-10-12-26(13-11-16)19-7-4-17(5-8-19)24-18-6-9-21(23-15-18)25-22(27)20-3-2-14-28-20/h2-9,14-16,24H,10-13H2,1H3,(H,23,25,27). The molecule has 0 spiro atoms. The number of hydrogen-bond acceptors (Lipinski definition) is 5. The number of piperidine rings is 1. The molecule has 3 aromatic rings. The van der Waals surface area contributed by atoms with Gasteiger partial charge < -0.3 is 20.0 Å². The van der Waals surface area contributed by atoms with E-state index in [-0.39, 0.29) is 11.7 Å². The number of rotatable bonds is 5. The summed E-state index contributed by atoms with van der Waals surface area (Å²) in [7, 11) is 0. The average Bonchev–Trinajstić information content (AvgIpc) is 3.26. The Morgan fingerprint density at radius 1 is 1.07 bits per heavy atom. The predicted molar refractivity (Wildman–Crippen MR) is 111 cm³/mol. The van der Waals surface area contributed by atoms with Crippen molar-refractivity contribution in [2.45, 2.75) is 19.8 Å². The van der Waals surface area contributed by atoms with Crippen LogP contribution in [0.3, 0.4) is 0 Å². The highest BCUT2D eigenvalue weighted by atomic mass is 16.3. The fourth-order valence-corrected chi connectivity index (χ4v) is 3.32. The summed E-state index contributed by atoms with van der Waals surface area (Å²) in [5.41, 5.74) is 3.13. The van der Waals surface area contributed by atoms with Gasteiger partial charge in [0.05, 0.1) is 18.1 Å². The molecule has 1 aliphatic heterocycles. The molecule has 6 heteroatoms. The number of aromatic nitrogens is 1. The van der Waals surface area contributed by atoms with Crippen molar-refractivity contribution in [3.63, 3.8) is 0 Å². The van der Waals surface area contributed by atoms with Gasteiger partial charge in [-0.2, -0.15) is 0 Å². The van der Waals surface area contributed by atoms with Crippen molar-refractivity contribution in [2.24, 2.45) is 5.92 Å². The molecule has 1 fully saturated rings. The van der Waals surface area contributed by atoms with Gasteiger partial charge in [0.15, 0.2) is 5.76 Å². The van der Waals surface area contributed by atoms with Crippen LogP contribution in [0.4, 0.5) is 22.9 Å². The number of amides is 1. The lowest BCUT2D eigenvalue weighted by molar-refractivity contribution is 0.0996. The molecular formula is C22H24N4O2. The second kappa shape index (κ2) is 8.17. The van der Waals surface area contributed by atoms with E-state index in [1.165, 1.54) is 24.8 Å². The van der Waals surface area contributed by atoms with Gasteiger partial charge in [-0.15, -0.1) is 0 Å². The molecule has 1 amide bonds. The molecule has 1 aromatic carbocycles. The van der Waals surface area contributed by atoms with E-state index in [1.807, 2.05) is 6.07 Å². The van der Waals surface area contributed by atoms with Crippen LogP contribution in [0.15, 0.2) is 65.4 Å². The first-order chi connectivity index (χ1) is 13.7. The maximum absolute atomic E-state index is 12.0. The first-order valence-corrected chi connectivity index (χ1v) is 9.60. The third kappa shape index (κ3) is 4.34. The van der Waals surface area contributed by atoms with E-state index in [9.17, 15) is 4.79 Å². The van der Waals surface area contributed by atoms with Crippen molar-refractivity contribution in [1.82, 2.24) is 4.98 Å². The molecule has 0 saturated carbocycles. The maximum Gasteiger partial charge on any atom is 0.292 e. The van der Waals surface area contributed by atoms with Gasteiger partial charge in [-0.1, -0.05) is 6.92 Å². The van der Waals surface area contributed by atoms with Gasteiger partial charge in [-0.25, -0.2) is 4.98 Å². The van der Waals surface area contributed by atoms with Gasteiger partial charge in [0.1, 0.15) is 5.82 Å². The van der Waals surface area contributed by atoms with Gasteiger partial charge in [0.2, 0.25) is 0 Å². The Morgan fingerprint density at radius 3 is 2.46 bits per heavy atom. The van der Waals surface area contributed by atoms with Crippen LogP contribution in [0.5, 0.6) is 0 Å². The Bertz CT molecular complexity index is 897. The number of pyridine rings is 1. The summed E-state index contributed by atoms with van der Waals surface area (Å²) in [5, 5.41) is 6.04. The van der Waals surface area contributed by atoms with Crippen molar-refractivity contribution in [3.05, 3.63) is 66.8 Å². The van der Waals surface area contributed by atoms with Crippen LogP contribution < -0.4 is 15.5 Å². The summed E-state index contributed by atoms with van der Waals surface area (Å²) in [6.45, 7) is 4.58. The zero-order chi connectivity index (χ0) is 19.3. The quantitative estimate of drug-likeness (QED) is 0.662. The van der Waals surface area contributed by atoms with E-state index in [0.29, 0.717) is 5.82 Å². The van der Waals surface area contributed by atoms with Crippen LogP contribution in [-0.2, 0) is 0 Å². The molecule has 28 heavy (non-hydrogen) atoms. The second-order valence-electron chi connectivity index (χ2n) is 7.20. The number of hydrogen-bond donors (Lipinski definition) is 2. The fraction of sp³-hybridized carbons (Fsp3) is 0.273. The van der Waals surface area contributed by atoms with E-state index in [4.69, 9.17) is 4.42 Å². The van der Waals surface area contributed by atoms with E-state index < -0.39 is 0 Å². The highest BCUT2D eigenvalue weighted by Crippen LogP contribution is 2.25. The largest absolute Gasteiger partial charge is 0.459 e. The highest BCUT2D eigenvalue weighted by molar-refractivity contribution is 6.01. The second-order valence-corrected chi connectivity index (χ2v) is 7.20. The van der Waals surface area contributed by atoms with Gasteiger partial charge in [-0.05, 0) is 67.3 Å². The molecule has 2 N–H and O–H groups in total. The SMILES string of the molecule is CC1CCN(c2ccc(Nc3ccc(NC(=O)c4ccco4)nc3)cc2)CC1. The van der Waals surface area contributed by atoms with E-state index in [0.717, 1.165) is 30.4 Å². The molecule has 0 unspecified atom stereocenters. The first-order valence-electron chi connectivity index (χ1n) is 9.60. The lowest BCUT2D eigenvalue weighted by Crippen LogP contribution is -2.32. The Hall–Kier alpha value is -3.28. The van der Waals surface area contributed by atoms with E-state index in [1.54, 1.807) is 24.4 Å². The van der Waals surface area contributed by atoms with Gasteiger partial charge in [0, 0.05) is 24.5 Å². The van der Waals surface area contributed by atoms with Crippen LogP contribution in [0.2, 0.25) is 0 Å². The Morgan fingerprint density at radius 2 is 1.82 bits per heavy atom. The Labute approximate surface area is 164 Å². The molecular weight excluding hydrogens is 352 g/mol. The van der Waals surface area contributed by atoms with E-state index in [2.05, 4.69) is 51.7 Å². The van der Waals surface area contributed by atoms with Gasteiger partial charge in [0.25, 0.3) is 5.91 Å². The molecule has 144 valence electrons. The topological polar surface area (TPSA) is 70.4 Å². The summed E-state index contributed by atoms with van der Waals surface area (Å²) in [4.78, 5) is 18.7. The number of carbonyl (C=O) groups is 1. The molecule has 1 aliphatic rings. The van der Waals surface area contributed by atoms with Crippen molar-refractivity contribution in [1.29, 1.82) is 0 Å². The Kier molecular flexibility index (Phi) is 5.28. The maximum atomic E-state index is 12.0. The molecule has 0 aliphatic carbocycles. The molecule has 0 atom stereocenters. The normalized spacial score (nSPS) is 14.7. The van der Waals surface area contributed by atoms with E-state index >= 15 is 0 Å². The lowest BCUT2D eigenvalue weighted by atomic mass is 9.99. The summed E-state index contributed by atoms with van der Waals surface area (Å²) in [5.74, 6) is 1.24. The molecule has 4 rings (SSSR count). The van der Waals surface area contributed by atoms with Crippen LogP contribution in [0, 0.1) is 5.92 Å². The zero-order valence-electron chi connectivity index (χ0n) is 15.9. The molecule has 0 radical (unpaired) electrons. The van der Waals surface area contributed by atoms with Crippen LogP contribution in [-0.4, -0.2) is 24.0 Å². The first kappa shape index (κ1) is 18.1. The van der Waals surface area contributed by atoms with Crippen molar-refractivity contribution >= 4 is 28.8 Å². The fourth-order valence-electron chi connectivity index (χ4n) is 3.32. The number of benzene rings is 1. The minimum absolute atomic E-state index is 0.257. The summed E-state index contributed by atoms with van der Waals surface area (Å²) >= 11 is 0. The number of nitrogens with zero attached hydrogens (tertiary/aromatic N) is 2. The summed E-state index contributed by atoms with van der Waals surface area (Å²) in [6, 6.07) is 15.4. The number of nitrogens with one attached hydrogen (secondary N) is 2. The predicted octanol–water partition coefficient (Wildman–Crippen LogP) is 4.91. The molecule has 0 bridgehead atoms. The summed E-state index contributed by atoms with van der Waals surface area (Å²) < 4.78 is 5.07. The van der Waals surface area contributed by atoms with Crippen LogP contribution >= 0.6 is 0 Å². The third-order valence-corrected chi connectivity index (χ3v) is 5.05.